The third-order valence-electron chi connectivity index (χ3n) is 3.82. The number of aromatic nitrogens is 1. The number of fused-ring (bicyclic) bond motifs is 1. The van der Waals surface area contributed by atoms with Crippen LogP contribution < -0.4 is 19.5 Å². The van der Waals surface area contributed by atoms with Crippen molar-refractivity contribution in [1.82, 2.24) is 4.98 Å². The summed E-state index contributed by atoms with van der Waals surface area (Å²) in [5.41, 5.74) is 0.136. The van der Waals surface area contributed by atoms with Crippen LogP contribution in [0.5, 0.6) is 17.2 Å². The SMILES string of the molecule is [B]C([B])(Nc1ncccc1[N+](=O)[O-])c1cc(OC)c2c(c1)OC(C)CO2. The maximum absolute atomic E-state index is 11.2. The maximum Gasteiger partial charge on any atom is 0.311 e. The van der Waals surface area contributed by atoms with Crippen molar-refractivity contribution in [2.75, 3.05) is 19.0 Å². The normalized spacial score (nSPS) is 16.0. The molecule has 2 heterocycles. The Balaban J connectivity index is 2.00. The van der Waals surface area contributed by atoms with Crippen LogP contribution in [0.3, 0.4) is 0 Å². The highest BCUT2D eigenvalue weighted by Gasteiger charge is 2.29. The highest BCUT2D eigenvalue weighted by atomic mass is 16.6. The first kappa shape index (κ1) is 17.9. The van der Waals surface area contributed by atoms with Gasteiger partial charge in [-0.1, -0.05) is 0 Å². The molecule has 2 aromatic rings. The molecule has 0 saturated heterocycles. The molecule has 1 unspecified atom stereocenters. The van der Waals surface area contributed by atoms with Crippen molar-refractivity contribution in [2.45, 2.75) is 18.4 Å². The Kier molecular flexibility index (Phi) is 4.67. The van der Waals surface area contributed by atoms with Crippen LogP contribution in [0.25, 0.3) is 0 Å². The molecule has 0 saturated carbocycles. The van der Waals surface area contributed by atoms with Gasteiger partial charge in [0.2, 0.25) is 11.6 Å². The van der Waals surface area contributed by atoms with E-state index in [-0.39, 0.29) is 17.6 Å². The average molecular weight is 351 g/mol. The molecular formula is C16H15B2N3O5. The Morgan fingerprint density at radius 1 is 1.46 bits per heavy atom. The minimum atomic E-state index is -1.68. The molecule has 1 aromatic heterocycles. The molecule has 0 amide bonds. The van der Waals surface area contributed by atoms with E-state index >= 15 is 0 Å². The van der Waals surface area contributed by atoms with Crippen LogP contribution in [-0.2, 0) is 5.34 Å². The number of pyridine rings is 1. The number of benzene rings is 1. The van der Waals surface area contributed by atoms with E-state index in [1.165, 1.54) is 25.4 Å². The van der Waals surface area contributed by atoms with Gasteiger partial charge >= 0.3 is 5.69 Å². The number of anilines is 1. The second-order valence-electron chi connectivity index (χ2n) is 5.87. The zero-order chi connectivity index (χ0) is 18.9. The van der Waals surface area contributed by atoms with Crippen molar-refractivity contribution >= 4 is 27.2 Å². The zero-order valence-corrected chi connectivity index (χ0v) is 14.3. The predicted octanol–water partition coefficient (Wildman–Crippen LogP) is 1.72. The highest BCUT2D eigenvalue weighted by Crippen LogP contribution is 2.43. The molecule has 0 bridgehead atoms. The fraction of sp³-hybridized carbons (Fsp3) is 0.312. The molecule has 4 radical (unpaired) electrons. The highest BCUT2D eigenvalue weighted by molar-refractivity contribution is 6.41. The molecule has 26 heavy (non-hydrogen) atoms. The molecule has 1 aromatic carbocycles. The number of nitro groups is 1. The lowest BCUT2D eigenvalue weighted by molar-refractivity contribution is -0.384. The van der Waals surface area contributed by atoms with E-state index in [2.05, 4.69) is 10.3 Å². The zero-order valence-electron chi connectivity index (χ0n) is 14.3. The summed E-state index contributed by atoms with van der Waals surface area (Å²) in [6.45, 7) is 2.24. The summed E-state index contributed by atoms with van der Waals surface area (Å²) >= 11 is 0. The van der Waals surface area contributed by atoms with Gasteiger partial charge in [-0.2, -0.15) is 0 Å². The lowest BCUT2D eigenvalue weighted by atomic mass is 9.58. The minimum absolute atomic E-state index is 0.0512. The van der Waals surface area contributed by atoms with Gasteiger partial charge in [0, 0.05) is 12.3 Å². The van der Waals surface area contributed by atoms with E-state index in [9.17, 15) is 10.1 Å². The Morgan fingerprint density at radius 2 is 2.23 bits per heavy atom. The standard InChI is InChI=1S/C16H15B2N3O5/c1-9-8-25-14-12(24-2)6-10(7-13(14)26-9)16(17,18)20-15-11(21(22)23)4-3-5-19-15/h3-7,9H,8H2,1-2H3,(H,19,20). The third-order valence-corrected chi connectivity index (χ3v) is 3.82. The Labute approximate surface area is 152 Å². The summed E-state index contributed by atoms with van der Waals surface area (Å²) in [4.78, 5) is 14.5. The van der Waals surface area contributed by atoms with E-state index in [0.29, 0.717) is 29.4 Å². The number of hydrogen-bond acceptors (Lipinski definition) is 7. The monoisotopic (exact) mass is 351 g/mol. The van der Waals surface area contributed by atoms with Crippen molar-refractivity contribution in [2.24, 2.45) is 0 Å². The quantitative estimate of drug-likeness (QED) is 0.498. The first-order chi connectivity index (χ1) is 12.3. The number of ether oxygens (including phenoxy) is 3. The van der Waals surface area contributed by atoms with Gasteiger partial charge in [0.15, 0.2) is 11.5 Å². The molecule has 8 nitrogen and oxygen atoms in total. The molecule has 0 fully saturated rings. The van der Waals surface area contributed by atoms with Gasteiger partial charge in [0.25, 0.3) is 0 Å². The molecule has 1 aliphatic rings. The summed E-state index contributed by atoms with van der Waals surface area (Å²) < 4.78 is 16.7. The van der Waals surface area contributed by atoms with Gasteiger partial charge in [-0.15, -0.1) is 0 Å². The summed E-state index contributed by atoms with van der Waals surface area (Å²) in [7, 11) is 13.8. The van der Waals surface area contributed by atoms with Crippen LogP contribution in [0.2, 0.25) is 0 Å². The number of methoxy groups -OCH3 is 1. The van der Waals surface area contributed by atoms with Crippen molar-refractivity contribution in [3.05, 3.63) is 46.1 Å². The second kappa shape index (κ2) is 6.78. The smallest absolute Gasteiger partial charge is 0.311 e. The van der Waals surface area contributed by atoms with E-state index in [1.807, 2.05) is 6.92 Å². The van der Waals surface area contributed by atoms with Gasteiger partial charge in [0.1, 0.15) is 12.7 Å². The molecule has 1 N–H and O–H groups in total. The molecule has 130 valence electrons. The lowest BCUT2D eigenvalue weighted by Crippen LogP contribution is -2.37. The largest absolute Gasteiger partial charge is 0.493 e. The Morgan fingerprint density at radius 3 is 2.92 bits per heavy atom. The third kappa shape index (κ3) is 3.40. The summed E-state index contributed by atoms with van der Waals surface area (Å²) in [6.07, 6.45) is 1.24. The van der Waals surface area contributed by atoms with Crippen molar-refractivity contribution in [3.8, 4) is 17.2 Å². The van der Waals surface area contributed by atoms with Crippen molar-refractivity contribution < 1.29 is 19.1 Å². The molecular weight excluding hydrogens is 336 g/mol. The van der Waals surface area contributed by atoms with Gasteiger partial charge in [-0.3, -0.25) is 10.1 Å². The fourth-order valence-electron chi connectivity index (χ4n) is 2.56. The molecule has 0 aliphatic carbocycles. The average Bonchev–Trinajstić information content (AvgIpc) is 2.60. The summed E-state index contributed by atoms with van der Waals surface area (Å²) in [5.74, 6) is 1.22. The van der Waals surface area contributed by atoms with Crippen molar-refractivity contribution in [3.63, 3.8) is 0 Å². The molecule has 10 heteroatoms. The van der Waals surface area contributed by atoms with E-state index in [0.717, 1.165) is 0 Å². The van der Waals surface area contributed by atoms with E-state index < -0.39 is 10.3 Å². The Hall–Kier alpha value is -2.90. The van der Waals surface area contributed by atoms with Gasteiger partial charge in [-0.25, -0.2) is 4.98 Å². The molecule has 1 atom stereocenters. The number of nitrogens with one attached hydrogen (secondary N) is 1. The van der Waals surface area contributed by atoms with Crippen LogP contribution in [0, 0.1) is 10.1 Å². The molecule has 1 aliphatic heterocycles. The number of rotatable bonds is 5. The second-order valence-corrected chi connectivity index (χ2v) is 5.87. The Bertz CT molecular complexity index is 847. The van der Waals surface area contributed by atoms with Crippen LogP contribution in [0.4, 0.5) is 11.5 Å². The van der Waals surface area contributed by atoms with Crippen LogP contribution >= 0.6 is 0 Å². The maximum atomic E-state index is 11.2. The van der Waals surface area contributed by atoms with Crippen LogP contribution in [0.15, 0.2) is 30.5 Å². The topological polar surface area (TPSA) is 95.8 Å². The lowest BCUT2D eigenvalue weighted by Gasteiger charge is -2.32. The molecule has 3 rings (SSSR count). The fourth-order valence-corrected chi connectivity index (χ4v) is 2.56. The first-order valence-corrected chi connectivity index (χ1v) is 7.79. The van der Waals surface area contributed by atoms with E-state index in [4.69, 9.17) is 29.9 Å². The predicted molar refractivity (Wildman–Crippen MR) is 96.3 cm³/mol. The summed E-state index contributed by atoms with van der Waals surface area (Å²) in [6, 6.07) is 5.94. The van der Waals surface area contributed by atoms with Crippen molar-refractivity contribution in [1.29, 1.82) is 0 Å². The van der Waals surface area contributed by atoms with Gasteiger partial charge in [0.05, 0.1) is 27.7 Å². The van der Waals surface area contributed by atoms with Gasteiger partial charge in [-0.05, 0) is 36.0 Å². The van der Waals surface area contributed by atoms with Crippen LogP contribution in [0.1, 0.15) is 12.5 Å². The van der Waals surface area contributed by atoms with Crippen LogP contribution in [-0.4, -0.2) is 45.4 Å². The minimum Gasteiger partial charge on any atom is -0.493 e. The first-order valence-electron chi connectivity index (χ1n) is 7.79. The number of nitrogens with zero attached hydrogens (tertiary/aromatic N) is 2. The van der Waals surface area contributed by atoms with Gasteiger partial charge < -0.3 is 19.5 Å². The number of hydrogen-bond donors (Lipinski definition) is 1. The van der Waals surface area contributed by atoms with E-state index in [1.54, 1.807) is 12.1 Å². The summed E-state index contributed by atoms with van der Waals surface area (Å²) in [5, 5.41) is 12.2. The molecule has 0 spiro atoms.